The van der Waals surface area contributed by atoms with Gasteiger partial charge in [0.25, 0.3) is 0 Å². The van der Waals surface area contributed by atoms with Gasteiger partial charge in [-0.25, -0.2) is 4.79 Å². The zero-order valence-electron chi connectivity index (χ0n) is 20.0. The number of carboxylic acids is 1. The van der Waals surface area contributed by atoms with E-state index in [-0.39, 0.29) is 37.4 Å². The number of benzene rings is 2. The van der Waals surface area contributed by atoms with E-state index >= 15 is 0 Å². The van der Waals surface area contributed by atoms with Crippen molar-refractivity contribution in [3.05, 3.63) is 59.7 Å². The van der Waals surface area contributed by atoms with Crippen molar-refractivity contribution in [2.75, 3.05) is 26.2 Å². The Morgan fingerprint density at radius 3 is 2.37 bits per heavy atom. The van der Waals surface area contributed by atoms with E-state index in [1.165, 1.54) is 11.1 Å². The average Bonchev–Trinajstić information content (AvgIpc) is 3.43. The largest absolute Gasteiger partial charge is 0.481 e. The number of alkyl carbamates (subject to hydrolysis) is 1. The maximum atomic E-state index is 13.0. The number of likely N-dealkylation sites (tertiary alicyclic amines) is 1. The van der Waals surface area contributed by atoms with Crippen LogP contribution in [0.1, 0.15) is 49.7 Å². The topological polar surface area (TPSA) is 95.9 Å². The normalized spacial score (nSPS) is 23.7. The number of carbonyl (C=O) groups excluding carboxylic acids is 2. The molecule has 0 bridgehead atoms. The van der Waals surface area contributed by atoms with E-state index in [0.717, 1.165) is 30.4 Å². The number of hydrogen-bond donors (Lipinski definition) is 2. The fraction of sp³-hybridized carbons (Fsp3) is 0.464. The van der Waals surface area contributed by atoms with Gasteiger partial charge in [0, 0.05) is 25.6 Å². The molecule has 7 heteroatoms. The number of nitrogens with one attached hydrogen (secondary N) is 1. The van der Waals surface area contributed by atoms with Crippen molar-refractivity contribution in [3.63, 3.8) is 0 Å². The highest BCUT2D eigenvalue weighted by molar-refractivity contribution is 5.83. The van der Waals surface area contributed by atoms with Crippen molar-refractivity contribution in [1.29, 1.82) is 0 Å². The Kier molecular flexibility index (Phi) is 6.26. The van der Waals surface area contributed by atoms with Crippen LogP contribution in [0.2, 0.25) is 0 Å². The summed E-state index contributed by atoms with van der Waals surface area (Å²) in [7, 11) is 0. The zero-order valence-corrected chi connectivity index (χ0v) is 20.0. The molecule has 1 saturated heterocycles. The molecular formula is C28H32N2O5. The summed E-state index contributed by atoms with van der Waals surface area (Å²) in [6.07, 6.45) is 2.83. The standard InChI is InChI=1S/C28H32N2O5/c1-18(25(31)30-15-19-8-6-7-13-28(19,17-30)26(32)33)14-29-27(34)35-16-24-22-11-4-2-9-20(22)21-10-3-5-12-23(21)24/h2-5,9-12,18-19,24H,6-8,13-17H2,1H3,(H,29,34)(H,32,33). The van der Waals surface area contributed by atoms with E-state index in [2.05, 4.69) is 29.6 Å². The minimum Gasteiger partial charge on any atom is -0.481 e. The molecule has 0 aromatic heterocycles. The van der Waals surface area contributed by atoms with Gasteiger partial charge in [-0.15, -0.1) is 0 Å². The van der Waals surface area contributed by atoms with Crippen LogP contribution in [0.3, 0.4) is 0 Å². The lowest BCUT2D eigenvalue weighted by molar-refractivity contribution is -0.152. The Balaban J connectivity index is 1.15. The third-order valence-corrected chi connectivity index (χ3v) is 8.18. The molecule has 2 aliphatic carbocycles. The Morgan fingerprint density at radius 2 is 1.74 bits per heavy atom. The Morgan fingerprint density at radius 1 is 1.09 bits per heavy atom. The van der Waals surface area contributed by atoms with E-state index in [9.17, 15) is 19.5 Å². The van der Waals surface area contributed by atoms with Crippen molar-refractivity contribution >= 4 is 18.0 Å². The van der Waals surface area contributed by atoms with Gasteiger partial charge < -0.3 is 20.1 Å². The molecule has 35 heavy (non-hydrogen) atoms. The first-order valence-electron chi connectivity index (χ1n) is 12.5. The van der Waals surface area contributed by atoms with Crippen LogP contribution in [0.4, 0.5) is 4.79 Å². The Labute approximate surface area is 205 Å². The summed E-state index contributed by atoms with van der Waals surface area (Å²) in [4.78, 5) is 39.3. The minimum atomic E-state index is -0.812. The first kappa shape index (κ1) is 23.4. The number of fused-ring (bicyclic) bond motifs is 4. The van der Waals surface area contributed by atoms with Crippen LogP contribution >= 0.6 is 0 Å². The molecule has 5 rings (SSSR count). The fourth-order valence-corrected chi connectivity index (χ4v) is 6.26. The highest BCUT2D eigenvalue weighted by Crippen LogP contribution is 2.47. The van der Waals surface area contributed by atoms with Crippen LogP contribution in [-0.4, -0.2) is 54.2 Å². The van der Waals surface area contributed by atoms with E-state index in [4.69, 9.17) is 4.74 Å². The molecule has 2 N–H and O–H groups in total. The van der Waals surface area contributed by atoms with Gasteiger partial charge in [0.2, 0.25) is 5.91 Å². The van der Waals surface area contributed by atoms with Crippen LogP contribution in [-0.2, 0) is 14.3 Å². The van der Waals surface area contributed by atoms with Crippen LogP contribution < -0.4 is 5.32 Å². The molecule has 0 spiro atoms. The van der Waals surface area contributed by atoms with Gasteiger partial charge in [-0.2, -0.15) is 0 Å². The van der Waals surface area contributed by atoms with Crippen LogP contribution in [0, 0.1) is 17.3 Å². The van der Waals surface area contributed by atoms with Gasteiger partial charge in [0.15, 0.2) is 0 Å². The van der Waals surface area contributed by atoms with Crippen molar-refractivity contribution in [1.82, 2.24) is 10.2 Å². The molecular weight excluding hydrogens is 444 g/mol. The molecule has 0 radical (unpaired) electrons. The predicted octanol–water partition coefficient (Wildman–Crippen LogP) is 4.26. The first-order valence-corrected chi connectivity index (χ1v) is 12.5. The summed E-state index contributed by atoms with van der Waals surface area (Å²) in [5.74, 6) is -1.37. The second-order valence-electron chi connectivity index (χ2n) is 10.2. The number of rotatable bonds is 6. The molecule has 2 aromatic carbocycles. The molecule has 1 aliphatic heterocycles. The summed E-state index contributed by atoms with van der Waals surface area (Å²) in [6, 6.07) is 16.3. The Hall–Kier alpha value is -3.35. The molecule has 2 fully saturated rings. The molecule has 2 amide bonds. The number of carboxylic acid groups (broad SMARTS) is 1. The molecule has 7 nitrogen and oxygen atoms in total. The number of amides is 2. The molecule has 1 heterocycles. The monoisotopic (exact) mass is 476 g/mol. The molecule has 3 atom stereocenters. The van der Waals surface area contributed by atoms with Gasteiger partial charge >= 0.3 is 12.1 Å². The second kappa shape index (κ2) is 9.36. The molecule has 184 valence electrons. The van der Waals surface area contributed by atoms with Crippen molar-refractivity contribution in [3.8, 4) is 11.1 Å². The van der Waals surface area contributed by atoms with Crippen molar-refractivity contribution < 1.29 is 24.2 Å². The summed E-state index contributed by atoms with van der Waals surface area (Å²) < 4.78 is 5.57. The number of ether oxygens (including phenoxy) is 1. The molecule has 3 aliphatic rings. The maximum absolute atomic E-state index is 13.0. The lowest BCUT2D eigenvalue weighted by Gasteiger charge is -2.34. The third kappa shape index (κ3) is 4.17. The smallest absolute Gasteiger partial charge is 0.407 e. The predicted molar refractivity (Wildman–Crippen MR) is 131 cm³/mol. The van der Waals surface area contributed by atoms with Crippen molar-refractivity contribution in [2.24, 2.45) is 17.3 Å². The van der Waals surface area contributed by atoms with Gasteiger partial charge in [0.1, 0.15) is 6.61 Å². The Bertz CT molecular complexity index is 1100. The first-order chi connectivity index (χ1) is 16.9. The third-order valence-electron chi connectivity index (χ3n) is 8.18. The quantitative estimate of drug-likeness (QED) is 0.649. The van der Waals surface area contributed by atoms with E-state index in [1.54, 1.807) is 11.8 Å². The average molecular weight is 477 g/mol. The number of aliphatic carboxylic acids is 1. The lowest BCUT2D eigenvalue weighted by atomic mass is 9.68. The van der Waals surface area contributed by atoms with Crippen LogP contribution in [0.15, 0.2) is 48.5 Å². The zero-order chi connectivity index (χ0) is 24.6. The molecule has 1 saturated carbocycles. The van der Waals surface area contributed by atoms with Gasteiger partial charge in [-0.1, -0.05) is 68.3 Å². The minimum absolute atomic E-state index is 0.0139. The highest BCUT2D eigenvalue weighted by Gasteiger charge is 2.54. The van der Waals surface area contributed by atoms with E-state index < -0.39 is 23.4 Å². The second-order valence-corrected chi connectivity index (χ2v) is 10.2. The van der Waals surface area contributed by atoms with Gasteiger partial charge in [-0.05, 0) is 41.0 Å². The number of hydrogen-bond acceptors (Lipinski definition) is 4. The summed E-state index contributed by atoms with van der Waals surface area (Å²) in [6.45, 7) is 2.89. The molecule has 3 unspecified atom stereocenters. The lowest BCUT2D eigenvalue weighted by Crippen LogP contribution is -2.43. The molecule has 2 aromatic rings. The summed E-state index contributed by atoms with van der Waals surface area (Å²) in [5.41, 5.74) is 3.82. The number of carbonyl (C=O) groups is 3. The van der Waals surface area contributed by atoms with E-state index in [0.29, 0.717) is 13.0 Å². The number of nitrogens with zero attached hydrogens (tertiary/aromatic N) is 1. The fourth-order valence-electron chi connectivity index (χ4n) is 6.26. The van der Waals surface area contributed by atoms with Crippen LogP contribution in [0.25, 0.3) is 11.1 Å². The summed E-state index contributed by atoms with van der Waals surface area (Å²) >= 11 is 0. The van der Waals surface area contributed by atoms with Crippen LogP contribution in [0.5, 0.6) is 0 Å². The van der Waals surface area contributed by atoms with Crippen molar-refractivity contribution in [2.45, 2.75) is 38.5 Å². The SMILES string of the molecule is CC(CNC(=O)OCC1c2ccccc2-c2ccccc21)C(=O)N1CC2CCCCC2(C(=O)O)C1. The highest BCUT2D eigenvalue weighted by atomic mass is 16.5. The van der Waals surface area contributed by atoms with Gasteiger partial charge in [0.05, 0.1) is 11.3 Å². The van der Waals surface area contributed by atoms with E-state index in [1.807, 2.05) is 24.3 Å². The van der Waals surface area contributed by atoms with Gasteiger partial charge in [-0.3, -0.25) is 9.59 Å². The maximum Gasteiger partial charge on any atom is 0.407 e. The summed E-state index contributed by atoms with van der Waals surface area (Å²) in [5, 5.41) is 12.6.